The van der Waals surface area contributed by atoms with Crippen LogP contribution in [-0.2, 0) is 22.5 Å². The highest BCUT2D eigenvalue weighted by atomic mass is 32.2. The lowest BCUT2D eigenvalue weighted by Gasteiger charge is -2.09. The van der Waals surface area contributed by atoms with Gasteiger partial charge in [0.25, 0.3) is 0 Å². The zero-order valence-corrected chi connectivity index (χ0v) is 11.2. The summed E-state index contributed by atoms with van der Waals surface area (Å²) >= 11 is 1.82. The van der Waals surface area contributed by atoms with E-state index in [1.54, 1.807) is 0 Å². The molecule has 1 aromatic rings. The van der Waals surface area contributed by atoms with Crippen molar-refractivity contribution in [3.63, 3.8) is 0 Å². The minimum Gasteiger partial charge on any atom is -0.469 e. The highest BCUT2D eigenvalue weighted by Crippen LogP contribution is 2.10. The van der Waals surface area contributed by atoms with E-state index >= 15 is 0 Å². The number of carbonyl (C=O) groups excluding carboxylic acids is 1. The first-order valence-corrected chi connectivity index (χ1v) is 7.00. The van der Waals surface area contributed by atoms with Crippen LogP contribution in [0, 0.1) is 0 Å². The summed E-state index contributed by atoms with van der Waals surface area (Å²) in [6.07, 6.45) is 2.43. The van der Waals surface area contributed by atoms with Gasteiger partial charge < -0.3 is 10.1 Å². The van der Waals surface area contributed by atoms with E-state index in [0.717, 1.165) is 24.4 Å². The number of hydrogen-bond acceptors (Lipinski definition) is 4. The zero-order chi connectivity index (χ0) is 12.5. The predicted octanol–water partition coefficient (Wildman–Crippen LogP) is 1.85. The van der Waals surface area contributed by atoms with E-state index < -0.39 is 0 Å². The van der Waals surface area contributed by atoms with Crippen LogP contribution in [0.1, 0.15) is 11.1 Å². The average molecular weight is 253 g/mol. The number of nitrogens with one attached hydrogen (secondary N) is 1. The van der Waals surface area contributed by atoms with E-state index in [1.807, 2.05) is 36.0 Å². The largest absolute Gasteiger partial charge is 0.469 e. The van der Waals surface area contributed by atoms with Crippen molar-refractivity contribution in [3.8, 4) is 0 Å². The molecule has 1 aromatic carbocycles. The molecular weight excluding hydrogens is 234 g/mol. The molecule has 0 aliphatic heterocycles. The van der Waals surface area contributed by atoms with Gasteiger partial charge in [-0.15, -0.1) is 0 Å². The molecule has 0 unspecified atom stereocenters. The minimum absolute atomic E-state index is 0.193. The highest BCUT2D eigenvalue weighted by Gasteiger charge is 2.06. The number of esters is 1. The topological polar surface area (TPSA) is 38.3 Å². The molecule has 4 heteroatoms. The molecule has 0 saturated carbocycles. The van der Waals surface area contributed by atoms with Crippen molar-refractivity contribution in [2.75, 3.05) is 25.7 Å². The lowest BCUT2D eigenvalue weighted by Crippen LogP contribution is -2.18. The fourth-order valence-corrected chi connectivity index (χ4v) is 1.88. The smallest absolute Gasteiger partial charge is 0.309 e. The molecule has 3 nitrogen and oxygen atoms in total. The molecule has 17 heavy (non-hydrogen) atoms. The Bertz CT molecular complexity index is 355. The summed E-state index contributed by atoms with van der Waals surface area (Å²) in [5.41, 5.74) is 2.20. The van der Waals surface area contributed by atoms with Crippen LogP contribution in [0.3, 0.4) is 0 Å². The van der Waals surface area contributed by atoms with Crippen molar-refractivity contribution in [2.45, 2.75) is 13.0 Å². The van der Waals surface area contributed by atoms with E-state index in [9.17, 15) is 4.79 Å². The molecule has 0 fully saturated rings. The maximum atomic E-state index is 11.3. The lowest BCUT2D eigenvalue weighted by molar-refractivity contribution is -0.139. The zero-order valence-electron chi connectivity index (χ0n) is 10.4. The van der Waals surface area contributed by atoms with Crippen LogP contribution in [0.25, 0.3) is 0 Å². The summed E-state index contributed by atoms with van der Waals surface area (Å²) < 4.78 is 4.69. The number of benzene rings is 1. The number of thioether (sulfide) groups is 1. The molecule has 0 aliphatic rings. The third-order valence-corrected chi connectivity index (χ3v) is 3.09. The summed E-state index contributed by atoms with van der Waals surface area (Å²) in [6, 6.07) is 7.96. The third kappa shape index (κ3) is 5.24. The molecule has 0 heterocycles. The fourth-order valence-electron chi connectivity index (χ4n) is 1.53. The fraction of sp³-hybridized carbons (Fsp3) is 0.462. The molecule has 0 aliphatic carbocycles. The van der Waals surface area contributed by atoms with Gasteiger partial charge in [0.05, 0.1) is 13.5 Å². The molecule has 0 saturated heterocycles. The Labute approximate surface area is 107 Å². The average Bonchev–Trinajstić information content (AvgIpc) is 2.36. The normalized spacial score (nSPS) is 10.2. The van der Waals surface area contributed by atoms with E-state index in [0.29, 0.717) is 6.42 Å². The lowest BCUT2D eigenvalue weighted by atomic mass is 10.0. The Kier molecular flexibility index (Phi) is 6.74. The molecule has 1 rings (SSSR count). The van der Waals surface area contributed by atoms with Gasteiger partial charge in [-0.05, 0) is 17.4 Å². The van der Waals surface area contributed by atoms with Gasteiger partial charge in [-0.1, -0.05) is 24.3 Å². The summed E-state index contributed by atoms with van der Waals surface area (Å²) in [6.45, 7) is 1.78. The first-order valence-electron chi connectivity index (χ1n) is 5.61. The van der Waals surface area contributed by atoms with Gasteiger partial charge in [-0.2, -0.15) is 11.8 Å². The van der Waals surface area contributed by atoms with Crippen molar-refractivity contribution in [3.05, 3.63) is 35.4 Å². The van der Waals surface area contributed by atoms with E-state index in [4.69, 9.17) is 0 Å². The number of rotatable bonds is 7. The molecule has 94 valence electrons. The Morgan fingerprint density at radius 2 is 2.06 bits per heavy atom. The molecule has 0 spiro atoms. The Morgan fingerprint density at radius 3 is 2.71 bits per heavy atom. The monoisotopic (exact) mass is 253 g/mol. The SMILES string of the molecule is COC(=O)Cc1ccccc1CNCCSC. The van der Waals surface area contributed by atoms with Crippen molar-refractivity contribution >= 4 is 17.7 Å². The first kappa shape index (κ1) is 14.1. The summed E-state index contributed by atoms with van der Waals surface area (Å²) in [7, 11) is 1.42. The summed E-state index contributed by atoms with van der Waals surface area (Å²) in [4.78, 5) is 11.3. The third-order valence-electron chi connectivity index (χ3n) is 2.48. The van der Waals surface area contributed by atoms with Crippen LogP contribution in [0.15, 0.2) is 24.3 Å². The predicted molar refractivity (Wildman–Crippen MR) is 72.3 cm³/mol. The van der Waals surface area contributed by atoms with Crippen molar-refractivity contribution in [2.24, 2.45) is 0 Å². The highest BCUT2D eigenvalue weighted by molar-refractivity contribution is 7.98. The van der Waals surface area contributed by atoms with E-state index in [1.165, 1.54) is 12.7 Å². The second-order valence-electron chi connectivity index (χ2n) is 3.69. The number of carbonyl (C=O) groups is 1. The molecule has 1 N–H and O–H groups in total. The Morgan fingerprint density at radius 1 is 1.35 bits per heavy atom. The van der Waals surface area contributed by atoms with Crippen LogP contribution in [0.4, 0.5) is 0 Å². The van der Waals surface area contributed by atoms with Gasteiger partial charge in [0.15, 0.2) is 0 Å². The second kappa shape index (κ2) is 8.14. The van der Waals surface area contributed by atoms with Gasteiger partial charge >= 0.3 is 5.97 Å². The van der Waals surface area contributed by atoms with Gasteiger partial charge in [0.1, 0.15) is 0 Å². The molecule has 0 atom stereocenters. The molecular formula is C13H19NO2S. The standard InChI is InChI=1S/C13H19NO2S/c1-16-13(15)9-11-5-3-4-6-12(11)10-14-7-8-17-2/h3-6,14H,7-10H2,1-2H3. The van der Waals surface area contributed by atoms with Gasteiger partial charge in [0, 0.05) is 18.8 Å². The Hall–Kier alpha value is -1.00. The number of methoxy groups -OCH3 is 1. The summed E-state index contributed by atoms with van der Waals surface area (Å²) in [5, 5.41) is 3.36. The van der Waals surface area contributed by atoms with Crippen LogP contribution in [0.2, 0.25) is 0 Å². The van der Waals surface area contributed by atoms with Gasteiger partial charge in [-0.3, -0.25) is 4.79 Å². The van der Waals surface area contributed by atoms with Crippen molar-refractivity contribution < 1.29 is 9.53 Å². The quantitative estimate of drug-likeness (QED) is 0.594. The van der Waals surface area contributed by atoms with Crippen LogP contribution in [-0.4, -0.2) is 31.6 Å². The van der Waals surface area contributed by atoms with Crippen molar-refractivity contribution in [1.29, 1.82) is 0 Å². The van der Waals surface area contributed by atoms with Crippen LogP contribution in [0.5, 0.6) is 0 Å². The van der Waals surface area contributed by atoms with E-state index in [2.05, 4.69) is 16.3 Å². The van der Waals surface area contributed by atoms with Crippen molar-refractivity contribution in [1.82, 2.24) is 5.32 Å². The molecule has 0 bridgehead atoms. The van der Waals surface area contributed by atoms with Gasteiger partial charge in [0.2, 0.25) is 0 Å². The minimum atomic E-state index is -0.193. The summed E-state index contributed by atoms with van der Waals surface area (Å²) in [5.74, 6) is 0.903. The Balaban J connectivity index is 2.54. The second-order valence-corrected chi connectivity index (χ2v) is 4.68. The van der Waals surface area contributed by atoms with Gasteiger partial charge in [-0.25, -0.2) is 0 Å². The maximum Gasteiger partial charge on any atom is 0.309 e. The molecule has 0 amide bonds. The van der Waals surface area contributed by atoms with E-state index in [-0.39, 0.29) is 5.97 Å². The number of ether oxygens (including phenoxy) is 1. The molecule has 0 radical (unpaired) electrons. The maximum absolute atomic E-state index is 11.3. The number of hydrogen-bond donors (Lipinski definition) is 1. The molecule has 0 aromatic heterocycles. The van der Waals surface area contributed by atoms with Crippen LogP contribution >= 0.6 is 11.8 Å². The van der Waals surface area contributed by atoms with Crippen LogP contribution < -0.4 is 5.32 Å². The first-order chi connectivity index (χ1) is 8.27.